The van der Waals surface area contributed by atoms with E-state index in [2.05, 4.69) is 42.3 Å². The van der Waals surface area contributed by atoms with E-state index in [0.717, 1.165) is 18.4 Å². The van der Waals surface area contributed by atoms with Gasteiger partial charge in [-0.05, 0) is 84.0 Å². The molecule has 2 aliphatic rings. The fourth-order valence-corrected chi connectivity index (χ4v) is 5.87. The van der Waals surface area contributed by atoms with Crippen molar-refractivity contribution in [3.05, 3.63) is 83.2 Å². The third-order valence-corrected chi connectivity index (χ3v) is 8.05. The van der Waals surface area contributed by atoms with Gasteiger partial charge in [-0.1, -0.05) is 43.3 Å². The average molecular weight is 488 g/mol. The SMILES string of the molecule is COC(=O)[C@@H](C)[C@H](c1ccc2c(c1)N(C)C(c1ccc(-c3cc(OC)ccc3F)cc1)CC2)C1CC1. The fourth-order valence-electron chi connectivity index (χ4n) is 5.87. The lowest BCUT2D eigenvalue weighted by molar-refractivity contribution is -0.145. The predicted molar refractivity (Wildman–Crippen MR) is 141 cm³/mol. The van der Waals surface area contributed by atoms with Crippen molar-refractivity contribution >= 4 is 11.7 Å². The van der Waals surface area contributed by atoms with Gasteiger partial charge >= 0.3 is 5.97 Å². The highest BCUT2D eigenvalue weighted by molar-refractivity contribution is 5.74. The number of benzene rings is 3. The molecule has 1 aliphatic carbocycles. The molecule has 0 saturated heterocycles. The van der Waals surface area contributed by atoms with Crippen LogP contribution in [-0.2, 0) is 16.0 Å². The van der Waals surface area contributed by atoms with Gasteiger partial charge in [0.2, 0.25) is 0 Å². The molecule has 1 fully saturated rings. The number of halogens is 1. The van der Waals surface area contributed by atoms with Gasteiger partial charge in [0.25, 0.3) is 0 Å². The Bertz CT molecular complexity index is 1250. The van der Waals surface area contributed by atoms with Gasteiger partial charge in [0.15, 0.2) is 0 Å². The highest BCUT2D eigenvalue weighted by Gasteiger charge is 2.39. The summed E-state index contributed by atoms with van der Waals surface area (Å²) < 4.78 is 24.8. The molecule has 1 aliphatic heterocycles. The number of carbonyl (C=O) groups excluding carboxylic acids is 1. The van der Waals surface area contributed by atoms with E-state index in [9.17, 15) is 9.18 Å². The summed E-state index contributed by atoms with van der Waals surface area (Å²) in [5, 5.41) is 0. The molecule has 0 radical (unpaired) electrons. The molecule has 3 aromatic carbocycles. The summed E-state index contributed by atoms with van der Waals surface area (Å²) in [5.41, 5.74) is 6.38. The smallest absolute Gasteiger partial charge is 0.309 e. The first-order valence-corrected chi connectivity index (χ1v) is 12.8. The van der Waals surface area contributed by atoms with Crippen LogP contribution in [0.15, 0.2) is 60.7 Å². The maximum atomic E-state index is 14.5. The number of aryl methyl sites for hydroxylation is 1. The molecular formula is C31H34FNO3. The Morgan fingerprint density at radius 3 is 2.42 bits per heavy atom. The molecule has 36 heavy (non-hydrogen) atoms. The van der Waals surface area contributed by atoms with E-state index in [0.29, 0.717) is 17.2 Å². The Balaban J connectivity index is 1.41. The van der Waals surface area contributed by atoms with Crippen molar-refractivity contribution in [1.29, 1.82) is 0 Å². The predicted octanol–water partition coefficient (Wildman–Crippen LogP) is 6.93. The number of ether oxygens (including phenoxy) is 2. The second kappa shape index (κ2) is 9.96. The van der Waals surface area contributed by atoms with E-state index in [1.807, 2.05) is 19.1 Å². The summed E-state index contributed by atoms with van der Waals surface area (Å²) in [7, 11) is 5.21. The third-order valence-electron chi connectivity index (χ3n) is 8.05. The van der Waals surface area contributed by atoms with Crippen LogP contribution in [0.1, 0.15) is 54.8 Å². The number of rotatable bonds is 7. The van der Waals surface area contributed by atoms with Gasteiger partial charge < -0.3 is 14.4 Å². The lowest BCUT2D eigenvalue weighted by Crippen LogP contribution is -2.30. The molecule has 0 aromatic heterocycles. The topological polar surface area (TPSA) is 38.8 Å². The highest BCUT2D eigenvalue weighted by atomic mass is 19.1. The summed E-state index contributed by atoms with van der Waals surface area (Å²) in [6.07, 6.45) is 4.35. The molecule has 1 heterocycles. The Morgan fingerprint density at radius 2 is 1.75 bits per heavy atom. The van der Waals surface area contributed by atoms with Crippen LogP contribution in [0.3, 0.4) is 0 Å². The lowest BCUT2D eigenvalue weighted by atomic mass is 9.81. The normalized spacial score (nSPS) is 18.8. The summed E-state index contributed by atoms with van der Waals surface area (Å²) in [5.74, 6) is 0.824. The Hall–Kier alpha value is -3.34. The number of esters is 1. The monoisotopic (exact) mass is 487 g/mol. The molecular weight excluding hydrogens is 453 g/mol. The minimum Gasteiger partial charge on any atom is -0.497 e. The minimum atomic E-state index is -0.258. The standard InChI is InChI=1S/C31H34FNO3/c1-19(31(34)36-4)30(23-10-11-23)24-12-9-22-13-16-28(33(2)29(22)17-24)21-7-5-20(6-8-21)26-18-25(35-3)14-15-27(26)32/h5-9,12,14-15,17-19,23,28,30H,10-11,13,16H2,1-4H3/t19-,28?,30-/m0/s1. The Kier molecular flexibility index (Phi) is 6.74. The van der Waals surface area contributed by atoms with Gasteiger partial charge in [-0.2, -0.15) is 0 Å². The van der Waals surface area contributed by atoms with Gasteiger partial charge in [0.1, 0.15) is 11.6 Å². The van der Waals surface area contributed by atoms with Crippen LogP contribution in [0, 0.1) is 17.7 Å². The molecule has 1 saturated carbocycles. The van der Waals surface area contributed by atoms with Gasteiger partial charge in [-0.3, -0.25) is 4.79 Å². The molecule has 0 amide bonds. The minimum absolute atomic E-state index is 0.136. The van der Waals surface area contributed by atoms with E-state index < -0.39 is 0 Å². The van der Waals surface area contributed by atoms with Crippen molar-refractivity contribution in [3.63, 3.8) is 0 Å². The van der Waals surface area contributed by atoms with Crippen molar-refractivity contribution in [2.24, 2.45) is 11.8 Å². The summed E-state index contributed by atoms with van der Waals surface area (Å²) in [4.78, 5) is 14.7. The maximum Gasteiger partial charge on any atom is 0.309 e. The van der Waals surface area contributed by atoms with Gasteiger partial charge in [-0.25, -0.2) is 4.39 Å². The Labute approximate surface area is 213 Å². The quantitative estimate of drug-likeness (QED) is 0.339. The Morgan fingerprint density at radius 1 is 1.00 bits per heavy atom. The summed E-state index contributed by atoms with van der Waals surface area (Å²) in [6.45, 7) is 1.99. The molecule has 5 heteroatoms. The van der Waals surface area contributed by atoms with Crippen molar-refractivity contribution in [2.45, 2.75) is 44.6 Å². The fraction of sp³-hybridized carbons (Fsp3) is 0.387. The molecule has 1 unspecified atom stereocenters. The molecule has 4 nitrogen and oxygen atoms in total. The number of fused-ring (bicyclic) bond motifs is 1. The first-order valence-electron chi connectivity index (χ1n) is 12.8. The highest BCUT2D eigenvalue weighted by Crippen LogP contribution is 2.48. The lowest BCUT2D eigenvalue weighted by Gasteiger charge is -2.37. The number of anilines is 1. The zero-order chi connectivity index (χ0) is 25.4. The van der Waals surface area contributed by atoms with Crippen molar-refractivity contribution < 1.29 is 18.7 Å². The molecule has 0 bridgehead atoms. The van der Waals surface area contributed by atoms with Crippen molar-refractivity contribution in [1.82, 2.24) is 0 Å². The number of hydrogen-bond donors (Lipinski definition) is 0. The number of hydrogen-bond acceptors (Lipinski definition) is 4. The largest absolute Gasteiger partial charge is 0.497 e. The summed E-state index contributed by atoms with van der Waals surface area (Å²) in [6, 6.07) is 20.0. The molecule has 3 atom stereocenters. The molecule has 0 spiro atoms. The zero-order valence-corrected chi connectivity index (χ0v) is 21.5. The van der Waals surface area contributed by atoms with Crippen LogP contribution in [0.4, 0.5) is 10.1 Å². The first-order chi connectivity index (χ1) is 17.4. The number of methoxy groups -OCH3 is 2. The first kappa shape index (κ1) is 24.4. The number of carbonyl (C=O) groups is 1. The van der Waals surface area contributed by atoms with Crippen molar-refractivity contribution in [3.8, 4) is 16.9 Å². The van der Waals surface area contributed by atoms with E-state index in [-0.39, 0.29) is 29.7 Å². The van der Waals surface area contributed by atoms with Crippen LogP contribution >= 0.6 is 0 Å². The number of nitrogens with zero attached hydrogens (tertiary/aromatic N) is 1. The molecule has 188 valence electrons. The van der Waals surface area contributed by atoms with Crippen LogP contribution in [0.25, 0.3) is 11.1 Å². The molecule has 0 N–H and O–H groups in total. The van der Waals surface area contributed by atoms with Gasteiger partial charge in [-0.15, -0.1) is 0 Å². The zero-order valence-electron chi connectivity index (χ0n) is 21.5. The van der Waals surface area contributed by atoms with E-state index in [4.69, 9.17) is 9.47 Å². The second-order valence-corrected chi connectivity index (χ2v) is 10.2. The average Bonchev–Trinajstić information content (AvgIpc) is 3.74. The van der Waals surface area contributed by atoms with E-state index >= 15 is 0 Å². The van der Waals surface area contributed by atoms with Gasteiger partial charge in [0.05, 0.1) is 26.2 Å². The molecule has 3 aromatic rings. The van der Waals surface area contributed by atoms with Crippen LogP contribution in [0.2, 0.25) is 0 Å². The van der Waals surface area contributed by atoms with E-state index in [1.54, 1.807) is 19.2 Å². The second-order valence-electron chi connectivity index (χ2n) is 10.2. The third kappa shape index (κ3) is 4.59. The van der Waals surface area contributed by atoms with Crippen molar-refractivity contribution in [2.75, 3.05) is 26.2 Å². The maximum absolute atomic E-state index is 14.5. The molecule has 5 rings (SSSR count). The van der Waals surface area contributed by atoms with Crippen LogP contribution < -0.4 is 9.64 Å². The van der Waals surface area contributed by atoms with Crippen LogP contribution in [0.5, 0.6) is 5.75 Å². The van der Waals surface area contributed by atoms with Gasteiger partial charge in [0, 0.05) is 18.3 Å². The van der Waals surface area contributed by atoms with Crippen LogP contribution in [-0.4, -0.2) is 27.2 Å². The van der Waals surface area contributed by atoms with E-state index in [1.165, 1.54) is 48.4 Å². The summed E-state index contributed by atoms with van der Waals surface area (Å²) >= 11 is 0.